The minimum absolute atomic E-state index is 0.251. The van der Waals surface area contributed by atoms with Crippen LogP contribution in [0.25, 0.3) is 0 Å². The molecule has 1 aliphatic heterocycles. The maximum Gasteiger partial charge on any atom is 0.266 e. The van der Waals surface area contributed by atoms with E-state index in [0.29, 0.717) is 26.7 Å². The highest BCUT2D eigenvalue weighted by Crippen LogP contribution is 2.33. The lowest BCUT2D eigenvalue weighted by Gasteiger charge is -2.18. The first-order chi connectivity index (χ1) is 12.6. The first kappa shape index (κ1) is 16.4. The number of amides is 2. The standard InChI is InChI=1S/C21H12BrNO3/c22-14-10-11-18(17(12-14)19(24)13-6-2-1-3-7-13)23-20(25)15-8-4-5-9-16(15)21(23)26/h1-12H. The topological polar surface area (TPSA) is 54.5 Å². The molecule has 0 atom stereocenters. The SMILES string of the molecule is O=C(c1ccccc1)c1cc(Br)ccc1N1C(=O)c2ccccc2C1=O. The van der Waals surface area contributed by atoms with E-state index in [1.54, 1.807) is 66.7 Å². The third kappa shape index (κ3) is 2.57. The molecular weight excluding hydrogens is 394 g/mol. The van der Waals surface area contributed by atoms with Gasteiger partial charge in [0.25, 0.3) is 11.8 Å². The molecule has 3 aromatic rings. The Morgan fingerprint density at radius 1 is 0.769 bits per heavy atom. The van der Waals surface area contributed by atoms with Gasteiger partial charge in [0.1, 0.15) is 0 Å². The van der Waals surface area contributed by atoms with Gasteiger partial charge in [-0.15, -0.1) is 0 Å². The molecule has 0 saturated heterocycles. The molecular formula is C21H12BrNO3. The van der Waals surface area contributed by atoms with Crippen molar-refractivity contribution in [3.63, 3.8) is 0 Å². The zero-order chi connectivity index (χ0) is 18.3. The van der Waals surface area contributed by atoms with Gasteiger partial charge in [0.05, 0.1) is 16.8 Å². The van der Waals surface area contributed by atoms with Crippen LogP contribution in [0.5, 0.6) is 0 Å². The number of carbonyl (C=O) groups is 3. The fraction of sp³-hybridized carbons (Fsp3) is 0. The summed E-state index contributed by atoms with van der Waals surface area (Å²) in [6.45, 7) is 0. The molecule has 4 nitrogen and oxygen atoms in total. The van der Waals surface area contributed by atoms with Gasteiger partial charge in [0.2, 0.25) is 0 Å². The summed E-state index contributed by atoms with van der Waals surface area (Å²) in [6.07, 6.45) is 0. The summed E-state index contributed by atoms with van der Waals surface area (Å²) in [5, 5.41) is 0. The van der Waals surface area contributed by atoms with Gasteiger partial charge in [0, 0.05) is 15.6 Å². The third-order valence-corrected chi connectivity index (χ3v) is 4.77. The number of ketones is 1. The van der Waals surface area contributed by atoms with Crippen LogP contribution in [-0.2, 0) is 0 Å². The van der Waals surface area contributed by atoms with Crippen molar-refractivity contribution in [1.82, 2.24) is 0 Å². The predicted octanol–water partition coefficient (Wildman–Crippen LogP) is 4.48. The smallest absolute Gasteiger partial charge is 0.266 e. The normalized spacial score (nSPS) is 13.0. The molecule has 0 aromatic heterocycles. The lowest BCUT2D eigenvalue weighted by Crippen LogP contribution is -2.31. The Morgan fingerprint density at radius 2 is 1.35 bits per heavy atom. The molecule has 0 radical (unpaired) electrons. The molecule has 3 aromatic carbocycles. The van der Waals surface area contributed by atoms with E-state index < -0.39 is 11.8 Å². The van der Waals surface area contributed by atoms with Crippen LogP contribution in [0.2, 0.25) is 0 Å². The Balaban J connectivity index is 1.86. The average Bonchev–Trinajstić information content (AvgIpc) is 2.93. The zero-order valence-corrected chi connectivity index (χ0v) is 15.1. The molecule has 2 amide bonds. The summed E-state index contributed by atoms with van der Waals surface area (Å²) >= 11 is 3.36. The molecule has 0 spiro atoms. The molecule has 4 rings (SSSR count). The molecule has 0 bridgehead atoms. The third-order valence-electron chi connectivity index (χ3n) is 4.27. The molecule has 1 aliphatic rings. The first-order valence-electron chi connectivity index (χ1n) is 7.95. The van der Waals surface area contributed by atoms with E-state index in [1.807, 2.05) is 6.07 Å². The monoisotopic (exact) mass is 405 g/mol. The minimum atomic E-state index is -0.421. The van der Waals surface area contributed by atoms with Crippen LogP contribution in [0.1, 0.15) is 36.6 Å². The number of imide groups is 1. The number of benzene rings is 3. The number of anilines is 1. The van der Waals surface area contributed by atoms with E-state index in [2.05, 4.69) is 15.9 Å². The van der Waals surface area contributed by atoms with Gasteiger partial charge in [-0.05, 0) is 30.3 Å². The summed E-state index contributed by atoms with van der Waals surface area (Å²) < 4.78 is 0.692. The van der Waals surface area contributed by atoms with Gasteiger partial charge >= 0.3 is 0 Å². The largest absolute Gasteiger partial charge is 0.289 e. The van der Waals surface area contributed by atoms with Crippen molar-refractivity contribution >= 4 is 39.2 Å². The lowest BCUT2D eigenvalue weighted by molar-refractivity contribution is 0.0926. The maximum absolute atomic E-state index is 13.0. The predicted molar refractivity (Wildman–Crippen MR) is 102 cm³/mol. The van der Waals surface area contributed by atoms with Crippen molar-refractivity contribution in [1.29, 1.82) is 0 Å². The zero-order valence-electron chi connectivity index (χ0n) is 13.5. The van der Waals surface area contributed by atoms with E-state index in [1.165, 1.54) is 0 Å². The van der Waals surface area contributed by atoms with Gasteiger partial charge in [0.15, 0.2) is 5.78 Å². The van der Waals surface area contributed by atoms with E-state index >= 15 is 0 Å². The number of fused-ring (bicyclic) bond motifs is 1. The first-order valence-corrected chi connectivity index (χ1v) is 8.74. The number of hydrogen-bond acceptors (Lipinski definition) is 3. The van der Waals surface area contributed by atoms with E-state index in [4.69, 9.17) is 0 Å². The Bertz CT molecular complexity index is 1020. The van der Waals surface area contributed by atoms with Crippen molar-refractivity contribution in [2.45, 2.75) is 0 Å². The van der Waals surface area contributed by atoms with Crippen LogP contribution in [0, 0.1) is 0 Å². The van der Waals surface area contributed by atoms with Crippen LogP contribution in [0.3, 0.4) is 0 Å². The summed E-state index contributed by atoms with van der Waals surface area (Å²) in [5.41, 5.74) is 1.76. The van der Waals surface area contributed by atoms with E-state index in [0.717, 1.165) is 4.90 Å². The lowest BCUT2D eigenvalue weighted by atomic mass is 10.0. The van der Waals surface area contributed by atoms with Crippen LogP contribution in [0.15, 0.2) is 77.3 Å². The van der Waals surface area contributed by atoms with Gasteiger partial charge < -0.3 is 0 Å². The second kappa shape index (κ2) is 6.35. The van der Waals surface area contributed by atoms with Crippen molar-refractivity contribution in [2.24, 2.45) is 0 Å². The molecule has 26 heavy (non-hydrogen) atoms. The summed E-state index contributed by atoms with van der Waals surface area (Å²) in [4.78, 5) is 39.6. The van der Waals surface area contributed by atoms with Crippen LogP contribution in [0.4, 0.5) is 5.69 Å². The fourth-order valence-corrected chi connectivity index (χ4v) is 3.40. The summed E-state index contributed by atoms with van der Waals surface area (Å²) in [5.74, 6) is -1.09. The molecule has 0 N–H and O–H groups in total. The highest BCUT2D eigenvalue weighted by molar-refractivity contribution is 9.10. The second-order valence-electron chi connectivity index (χ2n) is 5.85. The Labute approximate surface area is 158 Å². The van der Waals surface area contributed by atoms with Crippen molar-refractivity contribution in [3.8, 4) is 0 Å². The Morgan fingerprint density at radius 3 is 1.96 bits per heavy atom. The molecule has 126 valence electrons. The molecule has 0 aliphatic carbocycles. The van der Waals surface area contributed by atoms with Crippen LogP contribution < -0.4 is 4.90 Å². The number of carbonyl (C=O) groups excluding carboxylic acids is 3. The van der Waals surface area contributed by atoms with Crippen LogP contribution >= 0.6 is 15.9 Å². The van der Waals surface area contributed by atoms with Gasteiger partial charge in [-0.25, -0.2) is 4.90 Å². The molecule has 0 saturated carbocycles. The van der Waals surface area contributed by atoms with Crippen LogP contribution in [-0.4, -0.2) is 17.6 Å². The quantitative estimate of drug-likeness (QED) is 0.476. The minimum Gasteiger partial charge on any atom is -0.289 e. The molecule has 1 heterocycles. The van der Waals surface area contributed by atoms with Crippen molar-refractivity contribution in [3.05, 3.63) is 99.5 Å². The fourth-order valence-electron chi connectivity index (χ4n) is 3.04. The molecule has 0 fully saturated rings. The highest BCUT2D eigenvalue weighted by atomic mass is 79.9. The Hall–Kier alpha value is -3.05. The highest BCUT2D eigenvalue weighted by Gasteiger charge is 2.38. The number of halogens is 1. The molecule has 0 unspecified atom stereocenters. The number of rotatable bonds is 3. The van der Waals surface area contributed by atoms with E-state index in [9.17, 15) is 14.4 Å². The number of hydrogen-bond donors (Lipinski definition) is 0. The second-order valence-corrected chi connectivity index (χ2v) is 6.76. The average molecular weight is 406 g/mol. The molecule has 5 heteroatoms. The maximum atomic E-state index is 13.0. The van der Waals surface area contributed by atoms with Gasteiger partial charge in [-0.3, -0.25) is 14.4 Å². The summed E-state index contributed by atoms with van der Waals surface area (Å²) in [6, 6.07) is 20.4. The summed E-state index contributed by atoms with van der Waals surface area (Å²) in [7, 11) is 0. The Kier molecular flexibility index (Phi) is 4.01. The van der Waals surface area contributed by atoms with Gasteiger partial charge in [-0.2, -0.15) is 0 Å². The van der Waals surface area contributed by atoms with E-state index in [-0.39, 0.29) is 11.5 Å². The van der Waals surface area contributed by atoms with Crippen molar-refractivity contribution < 1.29 is 14.4 Å². The van der Waals surface area contributed by atoms with Crippen molar-refractivity contribution in [2.75, 3.05) is 4.90 Å². The van der Waals surface area contributed by atoms with Gasteiger partial charge in [-0.1, -0.05) is 58.4 Å². The number of nitrogens with zero attached hydrogens (tertiary/aromatic N) is 1.